The van der Waals surface area contributed by atoms with E-state index in [1.807, 2.05) is 17.0 Å². The number of aromatic nitrogens is 2. The number of rotatable bonds is 5. The first-order chi connectivity index (χ1) is 17.5. The molecule has 0 unspecified atom stereocenters. The topological polar surface area (TPSA) is 112 Å². The Morgan fingerprint density at radius 2 is 1.84 bits per heavy atom. The zero-order valence-corrected chi connectivity index (χ0v) is 21.7. The summed E-state index contributed by atoms with van der Waals surface area (Å²) in [5.41, 5.74) is 7.01. The van der Waals surface area contributed by atoms with E-state index < -0.39 is 27.4 Å². The van der Waals surface area contributed by atoms with E-state index in [1.54, 1.807) is 24.3 Å². The Morgan fingerprint density at radius 3 is 2.51 bits per heavy atom. The van der Waals surface area contributed by atoms with E-state index in [0.717, 1.165) is 5.56 Å². The summed E-state index contributed by atoms with van der Waals surface area (Å²) in [6, 6.07) is 11.5. The molecule has 1 atom stereocenters. The quantitative estimate of drug-likeness (QED) is 0.490. The summed E-state index contributed by atoms with van der Waals surface area (Å²) in [6.45, 7) is 0.724. The fourth-order valence-corrected chi connectivity index (χ4v) is 6.73. The van der Waals surface area contributed by atoms with E-state index in [1.165, 1.54) is 13.2 Å². The summed E-state index contributed by atoms with van der Waals surface area (Å²) in [5.74, 6) is -2.66. The molecular weight excluding hydrogens is 526 g/mol. The first kappa shape index (κ1) is 26.0. The number of alkyl halides is 2. The van der Waals surface area contributed by atoms with Gasteiger partial charge in [-0.1, -0.05) is 23.7 Å². The van der Waals surface area contributed by atoms with Crippen molar-refractivity contribution in [3.05, 3.63) is 58.9 Å². The summed E-state index contributed by atoms with van der Waals surface area (Å²) in [5, 5.41) is 8.87. The molecule has 1 aliphatic heterocycles. The van der Waals surface area contributed by atoms with Crippen molar-refractivity contribution in [2.75, 3.05) is 24.3 Å². The second-order valence-corrected chi connectivity index (χ2v) is 12.1. The predicted octanol–water partition coefficient (Wildman–Crippen LogP) is 4.56. The van der Waals surface area contributed by atoms with Gasteiger partial charge in [-0.3, -0.25) is 0 Å². The average Bonchev–Trinajstić information content (AvgIpc) is 3.32. The number of sulfone groups is 1. The molecule has 1 fully saturated rings. The van der Waals surface area contributed by atoms with Gasteiger partial charge in [0.05, 0.1) is 16.3 Å². The van der Waals surface area contributed by atoms with Crippen LogP contribution in [-0.4, -0.2) is 50.0 Å². The molecule has 1 aliphatic carbocycles. The molecule has 0 radical (unpaired) electrons. The van der Waals surface area contributed by atoms with Crippen LogP contribution in [0, 0.1) is 0 Å². The van der Waals surface area contributed by atoms with Gasteiger partial charge < -0.3 is 19.8 Å². The Labute approximate surface area is 218 Å². The molecule has 12 heteroatoms. The first-order valence-electron chi connectivity index (χ1n) is 11.9. The van der Waals surface area contributed by atoms with Crippen LogP contribution in [0.15, 0.2) is 51.8 Å². The van der Waals surface area contributed by atoms with Crippen molar-refractivity contribution in [3.8, 4) is 11.5 Å². The lowest BCUT2D eigenvalue weighted by Crippen LogP contribution is -2.39. The van der Waals surface area contributed by atoms with Gasteiger partial charge in [0.25, 0.3) is 0 Å². The van der Waals surface area contributed by atoms with Crippen LogP contribution < -0.4 is 10.6 Å². The van der Waals surface area contributed by atoms with E-state index in [-0.39, 0.29) is 48.1 Å². The van der Waals surface area contributed by atoms with Crippen LogP contribution in [0.2, 0.25) is 5.02 Å². The molecule has 0 spiro atoms. The molecule has 2 N–H and O–H groups in total. The number of methoxy groups -OCH3 is 1. The minimum Gasteiger partial charge on any atom is -0.418 e. The predicted molar refractivity (Wildman–Crippen MR) is 134 cm³/mol. The van der Waals surface area contributed by atoms with Gasteiger partial charge >= 0.3 is 0 Å². The van der Waals surface area contributed by atoms with Gasteiger partial charge in [0.2, 0.25) is 17.7 Å². The van der Waals surface area contributed by atoms with Crippen molar-refractivity contribution in [1.82, 2.24) is 10.2 Å². The van der Waals surface area contributed by atoms with Gasteiger partial charge in [0, 0.05) is 49.7 Å². The van der Waals surface area contributed by atoms with Gasteiger partial charge in [-0.2, -0.15) is 0 Å². The second kappa shape index (κ2) is 9.61. The Morgan fingerprint density at radius 1 is 1.14 bits per heavy atom. The largest absolute Gasteiger partial charge is 0.418 e. The molecule has 2 aromatic carbocycles. The fraction of sp³-hybridized carbons (Fsp3) is 0.440. The van der Waals surface area contributed by atoms with E-state index in [4.69, 9.17) is 26.5 Å². The number of halogens is 3. The summed E-state index contributed by atoms with van der Waals surface area (Å²) < 4.78 is 65.3. The molecule has 37 heavy (non-hydrogen) atoms. The minimum atomic E-state index is -3.64. The zero-order valence-electron chi connectivity index (χ0n) is 20.2. The van der Waals surface area contributed by atoms with Crippen LogP contribution in [-0.2, 0) is 26.7 Å². The number of anilines is 1. The van der Waals surface area contributed by atoms with Gasteiger partial charge in [-0.15, -0.1) is 10.2 Å². The van der Waals surface area contributed by atoms with E-state index in [9.17, 15) is 17.2 Å². The van der Waals surface area contributed by atoms with Crippen molar-refractivity contribution < 1.29 is 26.4 Å². The van der Waals surface area contributed by atoms with Crippen LogP contribution >= 0.6 is 11.6 Å². The lowest BCUT2D eigenvalue weighted by atomic mass is 9.82. The van der Waals surface area contributed by atoms with Crippen molar-refractivity contribution in [1.29, 1.82) is 0 Å². The van der Waals surface area contributed by atoms with Gasteiger partial charge in [-0.05, 0) is 48.7 Å². The van der Waals surface area contributed by atoms with Crippen LogP contribution in [0.4, 0.5) is 14.5 Å². The highest BCUT2D eigenvalue weighted by atomic mass is 35.5. The third kappa shape index (κ3) is 5.22. The lowest BCUT2D eigenvalue weighted by molar-refractivity contribution is -0.132. The Hall–Kier alpha value is -2.60. The van der Waals surface area contributed by atoms with Crippen molar-refractivity contribution in [2.45, 2.75) is 54.7 Å². The number of ether oxygens (including phenoxy) is 1. The summed E-state index contributed by atoms with van der Waals surface area (Å²) in [4.78, 5) is 2.08. The Bertz CT molecular complexity index is 1390. The normalized spacial score (nSPS) is 22.3. The molecule has 2 aliphatic rings. The number of benzene rings is 2. The van der Waals surface area contributed by atoms with E-state index >= 15 is 0 Å². The van der Waals surface area contributed by atoms with Crippen LogP contribution in [0.25, 0.3) is 11.5 Å². The third-order valence-electron chi connectivity index (χ3n) is 7.05. The number of nitrogens with zero attached hydrogens (tertiary/aromatic N) is 3. The van der Waals surface area contributed by atoms with Crippen molar-refractivity contribution >= 4 is 27.1 Å². The molecule has 0 saturated heterocycles. The van der Waals surface area contributed by atoms with Crippen molar-refractivity contribution in [2.24, 2.45) is 5.73 Å². The molecule has 1 aromatic heterocycles. The monoisotopic (exact) mass is 552 g/mol. The SMILES string of the molecule is COC1(c2nnc(-c3ccc4c(c3)N(Cc3ccc(Cl)cc3)C[C@@H](N)CS4(=O)=O)o2)CCC(F)(F)CC1. The number of fused-ring (bicyclic) bond motifs is 1. The van der Waals surface area contributed by atoms with E-state index in [2.05, 4.69) is 10.2 Å². The summed E-state index contributed by atoms with van der Waals surface area (Å²) in [6.07, 6.45) is -0.578. The third-order valence-corrected chi connectivity index (χ3v) is 9.19. The lowest BCUT2D eigenvalue weighted by Gasteiger charge is -2.36. The molecule has 3 aromatic rings. The zero-order chi connectivity index (χ0) is 26.4. The molecule has 0 bridgehead atoms. The van der Waals surface area contributed by atoms with Crippen LogP contribution in [0.3, 0.4) is 0 Å². The van der Waals surface area contributed by atoms with Crippen LogP contribution in [0.5, 0.6) is 0 Å². The molecule has 8 nitrogen and oxygen atoms in total. The van der Waals surface area contributed by atoms with Gasteiger partial charge in [0.15, 0.2) is 9.84 Å². The fourth-order valence-electron chi connectivity index (χ4n) is 4.98. The highest BCUT2D eigenvalue weighted by molar-refractivity contribution is 7.91. The molecule has 1 saturated carbocycles. The van der Waals surface area contributed by atoms with Crippen molar-refractivity contribution in [3.63, 3.8) is 0 Å². The second-order valence-electron chi connectivity index (χ2n) is 9.70. The maximum Gasteiger partial charge on any atom is 0.248 e. The number of nitrogens with two attached hydrogens (primary N) is 1. The first-order valence-corrected chi connectivity index (χ1v) is 13.9. The highest BCUT2D eigenvalue weighted by Gasteiger charge is 2.48. The van der Waals surface area contributed by atoms with Gasteiger partial charge in [-0.25, -0.2) is 17.2 Å². The Balaban J connectivity index is 1.51. The molecular formula is C25H27ClF2N4O4S. The number of hydrogen-bond donors (Lipinski definition) is 1. The van der Waals surface area contributed by atoms with Gasteiger partial charge in [0.1, 0.15) is 5.60 Å². The standard InChI is InChI=1S/C25H27ClF2N4O4S/c1-35-24(8-10-25(27,28)11-9-24)23-31-30-22(36-23)17-4-7-21-20(12-17)32(14-19(29)15-37(21,33)34)13-16-2-5-18(26)6-3-16/h2-7,12,19H,8-11,13-15,29H2,1H3/t19-/m1/s1. The summed E-state index contributed by atoms with van der Waals surface area (Å²) in [7, 11) is -2.20. The highest BCUT2D eigenvalue weighted by Crippen LogP contribution is 2.46. The Kier molecular flexibility index (Phi) is 6.76. The average molecular weight is 553 g/mol. The van der Waals surface area contributed by atoms with Crippen LogP contribution in [0.1, 0.15) is 37.1 Å². The maximum atomic E-state index is 13.8. The van der Waals surface area contributed by atoms with E-state index in [0.29, 0.717) is 29.4 Å². The molecule has 198 valence electrons. The maximum absolute atomic E-state index is 13.8. The molecule has 2 heterocycles. The molecule has 0 amide bonds. The minimum absolute atomic E-state index is 0.0489. The molecule has 5 rings (SSSR count). The number of hydrogen-bond acceptors (Lipinski definition) is 8. The summed E-state index contributed by atoms with van der Waals surface area (Å²) >= 11 is 6.02. The smallest absolute Gasteiger partial charge is 0.248 e.